The van der Waals surface area contributed by atoms with Gasteiger partial charge in [-0.1, -0.05) is 11.8 Å². The first kappa shape index (κ1) is 13.2. The molecule has 0 spiro atoms. The molecule has 2 N–H and O–H groups in total. The lowest BCUT2D eigenvalue weighted by Gasteiger charge is -2.04. The molecular weight excluding hydrogens is 294 g/mol. The van der Waals surface area contributed by atoms with Gasteiger partial charge in [-0.25, -0.2) is 4.98 Å². The molecule has 20 heavy (non-hydrogen) atoms. The van der Waals surface area contributed by atoms with Crippen LogP contribution in [0.3, 0.4) is 0 Å². The summed E-state index contributed by atoms with van der Waals surface area (Å²) in [6.45, 7) is 2.84. The van der Waals surface area contributed by atoms with Crippen molar-refractivity contribution in [1.29, 1.82) is 0 Å². The van der Waals surface area contributed by atoms with Crippen LogP contribution in [-0.4, -0.2) is 19.7 Å². The van der Waals surface area contributed by atoms with Gasteiger partial charge in [0.2, 0.25) is 0 Å². The summed E-state index contributed by atoms with van der Waals surface area (Å²) in [4.78, 5) is 4.24. The van der Waals surface area contributed by atoms with Crippen molar-refractivity contribution in [2.45, 2.75) is 24.4 Å². The first-order chi connectivity index (χ1) is 9.78. The SMILES string of the molecule is CCn1c(SCc2csc(N)n2)nnc1-c1ccco1. The van der Waals surface area contributed by atoms with Gasteiger partial charge in [-0.2, -0.15) is 0 Å². The second-order valence-electron chi connectivity index (χ2n) is 3.99. The standard InChI is InChI=1S/C12H13N5OS2/c1-2-17-10(9-4-3-5-18-9)15-16-12(17)20-7-8-6-19-11(13)14-8/h3-6H,2,7H2,1H3,(H2,13,14). The average molecular weight is 307 g/mol. The molecule has 0 aliphatic heterocycles. The molecule has 0 fully saturated rings. The van der Waals surface area contributed by atoms with Gasteiger partial charge in [0, 0.05) is 17.7 Å². The van der Waals surface area contributed by atoms with Crippen LogP contribution in [0.25, 0.3) is 11.6 Å². The average Bonchev–Trinajstić information content (AvgIpc) is 3.16. The number of hydrogen-bond acceptors (Lipinski definition) is 7. The van der Waals surface area contributed by atoms with Crippen molar-refractivity contribution in [3.8, 4) is 11.6 Å². The van der Waals surface area contributed by atoms with Crippen LogP contribution in [0.15, 0.2) is 33.3 Å². The van der Waals surface area contributed by atoms with E-state index < -0.39 is 0 Å². The van der Waals surface area contributed by atoms with E-state index in [1.54, 1.807) is 18.0 Å². The molecule has 0 saturated heterocycles. The molecule has 3 rings (SSSR count). The zero-order chi connectivity index (χ0) is 13.9. The predicted molar refractivity (Wildman–Crippen MR) is 79.5 cm³/mol. The van der Waals surface area contributed by atoms with Crippen LogP contribution in [0.5, 0.6) is 0 Å². The summed E-state index contributed by atoms with van der Waals surface area (Å²) in [5.74, 6) is 2.20. The van der Waals surface area contributed by atoms with Gasteiger partial charge in [-0.05, 0) is 19.1 Å². The Kier molecular flexibility index (Phi) is 3.75. The highest BCUT2D eigenvalue weighted by Crippen LogP contribution is 2.27. The van der Waals surface area contributed by atoms with Crippen LogP contribution in [0.2, 0.25) is 0 Å². The van der Waals surface area contributed by atoms with Crippen molar-refractivity contribution in [2.75, 3.05) is 5.73 Å². The second-order valence-corrected chi connectivity index (χ2v) is 5.83. The van der Waals surface area contributed by atoms with Crippen molar-refractivity contribution in [3.05, 3.63) is 29.5 Å². The molecule has 0 aromatic carbocycles. The van der Waals surface area contributed by atoms with Crippen LogP contribution >= 0.6 is 23.1 Å². The third-order valence-electron chi connectivity index (χ3n) is 2.69. The smallest absolute Gasteiger partial charge is 0.200 e. The number of thiazole rings is 1. The third-order valence-corrected chi connectivity index (χ3v) is 4.42. The van der Waals surface area contributed by atoms with E-state index in [0.717, 1.165) is 34.7 Å². The van der Waals surface area contributed by atoms with Gasteiger partial charge >= 0.3 is 0 Å². The maximum absolute atomic E-state index is 5.62. The van der Waals surface area contributed by atoms with Gasteiger partial charge in [0.15, 0.2) is 21.9 Å². The monoisotopic (exact) mass is 307 g/mol. The fraction of sp³-hybridized carbons (Fsp3) is 0.250. The summed E-state index contributed by atoms with van der Waals surface area (Å²) in [6, 6.07) is 3.72. The zero-order valence-corrected chi connectivity index (χ0v) is 12.4. The highest BCUT2D eigenvalue weighted by atomic mass is 32.2. The van der Waals surface area contributed by atoms with E-state index in [4.69, 9.17) is 10.2 Å². The number of nitrogen functional groups attached to an aromatic ring is 1. The molecule has 0 unspecified atom stereocenters. The molecule has 8 heteroatoms. The number of rotatable bonds is 5. The molecule has 0 aliphatic carbocycles. The fourth-order valence-electron chi connectivity index (χ4n) is 1.80. The number of anilines is 1. The van der Waals surface area contributed by atoms with Crippen molar-refractivity contribution in [1.82, 2.24) is 19.7 Å². The van der Waals surface area contributed by atoms with Gasteiger partial charge in [0.05, 0.1) is 12.0 Å². The van der Waals surface area contributed by atoms with E-state index in [1.165, 1.54) is 11.3 Å². The summed E-state index contributed by atoms with van der Waals surface area (Å²) < 4.78 is 7.41. The van der Waals surface area contributed by atoms with E-state index in [2.05, 4.69) is 22.1 Å². The molecule has 0 atom stereocenters. The van der Waals surface area contributed by atoms with Crippen LogP contribution in [0.1, 0.15) is 12.6 Å². The van der Waals surface area contributed by atoms with Crippen LogP contribution in [0.4, 0.5) is 5.13 Å². The molecule has 0 bridgehead atoms. The van der Waals surface area contributed by atoms with E-state index in [-0.39, 0.29) is 0 Å². The van der Waals surface area contributed by atoms with E-state index in [1.807, 2.05) is 22.1 Å². The second kappa shape index (κ2) is 5.68. The number of aromatic nitrogens is 4. The Morgan fingerprint density at radius 2 is 2.35 bits per heavy atom. The highest BCUT2D eigenvalue weighted by Gasteiger charge is 2.15. The molecule has 0 saturated carbocycles. The summed E-state index contributed by atoms with van der Waals surface area (Å²) in [5, 5.41) is 11.8. The topological polar surface area (TPSA) is 82.8 Å². The van der Waals surface area contributed by atoms with E-state index in [0.29, 0.717) is 5.13 Å². The maximum atomic E-state index is 5.62. The van der Waals surface area contributed by atoms with Crippen molar-refractivity contribution in [2.24, 2.45) is 0 Å². The van der Waals surface area contributed by atoms with Gasteiger partial charge in [0.1, 0.15) is 0 Å². The molecule has 0 aliphatic rings. The third kappa shape index (κ3) is 2.56. The normalized spacial score (nSPS) is 11.1. The molecular formula is C12H13N5OS2. The Hall–Kier alpha value is -1.80. The fourth-order valence-corrected chi connectivity index (χ4v) is 3.36. The Bertz CT molecular complexity index is 689. The predicted octanol–water partition coefficient (Wildman–Crippen LogP) is 2.89. The summed E-state index contributed by atoms with van der Waals surface area (Å²) in [7, 11) is 0. The Morgan fingerprint density at radius 3 is 3.00 bits per heavy atom. The van der Waals surface area contributed by atoms with Gasteiger partial charge in [-0.15, -0.1) is 21.5 Å². The Labute approximate surface area is 124 Å². The van der Waals surface area contributed by atoms with Gasteiger partial charge < -0.3 is 10.2 Å². The van der Waals surface area contributed by atoms with Crippen molar-refractivity contribution >= 4 is 28.2 Å². The minimum absolute atomic E-state index is 0.592. The van der Waals surface area contributed by atoms with E-state index in [9.17, 15) is 0 Å². The molecule has 3 aromatic rings. The quantitative estimate of drug-likeness (QED) is 0.730. The lowest BCUT2D eigenvalue weighted by molar-refractivity contribution is 0.567. The van der Waals surface area contributed by atoms with Crippen molar-refractivity contribution < 1.29 is 4.42 Å². The number of hydrogen-bond donors (Lipinski definition) is 1. The summed E-state index contributed by atoms with van der Waals surface area (Å²) in [6.07, 6.45) is 1.63. The minimum atomic E-state index is 0.592. The van der Waals surface area contributed by atoms with Crippen molar-refractivity contribution in [3.63, 3.8) is 0 Å². The number of nitrogens with two attached hydrogens (primary N) is 1. The maximum Gasteiger partial charge on any atom is 0.200 e. The molecule has 0 amide bonds. The summed E-state index contributed by atoms with van der Waals surface area (Å²) >= 11 is 3.04. The highest BCUT2D eigenvalue weighted by molar-refractivity contribution is 7.98. The molecule has 6 nitrogen and oxygen atoms in total. The van der Waals surface area contributed by atoms with Crippen LogP contribution < -0.4 is 5.73 Å². The van der Waals surface area contributed by atoms with Crippen LogP contribution in [-0.2, 0) is 12.3 Å². The number of nitrogens with zero attached hydrogens (tertiary/aromatic N) is 4. The van der Waals surface area contributed by atoms with Gasteiger partial charge in [-0.3, -0.25) is 4.57 Å². The lowest BCUT2D eigenvalue weighted by Crippen LogP contribution is -1.99. The van der Waals surface area contributed by atoms with Gasteiger partial charge in [0.25, 0.3) is 0 Å². The molecule has 3 aromatic heterocycles. The zero-order valence-electron chi connectivity index (χ0n) is 10.8. The first-order valence-corrected chi connectivity index (χ1v) is 7.94. The minimum Gasteiger partial charge on any atom is -0.461 e. The summed E-state index contributed by atoms with van der Waals surface area (Å²) in [5.41, 5.74) is 6.59. The Morgan fingerprint density at radius 1 is 1.45 bits per heavy atom. The molecule has 0 radical (unpaired) electrons. The Balaban J connectivity index is 1.80. The molecule has 104 valence electrons. The largest absolute Gasteiger partial charge is 0.461 e. The van der Waals surface area contributed by atoms with E-state index >= 15 is 0 Å². The molecule has 3 heterocycles. The lowest BCUT2D eigenvalue weighted by atomic mass is 10.4. The first-order valence-electron chi connectivity index (χ1n) is 6.07. The number of thioether (sulfide) groups is 1. The number of furan rings is 1. The van der Waals surface area contributed by atoms with Crippen LogP contribution in [0, 0.1) is 0 Å².